The first-order valence-electron chi connectivity index (χ1n) is 9.96. The van der Waals surface area contributed by atoms with E-state index in [4.69, 9.17) is 22.1 Å². The first kappa shape index (κ1) is 22.2. The molecule has 1 fully saturated rings. The molecule has 2 N–H and O–H groups in total. The average Bonchev–Trinajstić information content (AvgIpc) is 3.20. The van der Waals surface area contributed by atoms with Gasteiger partial charge in [0.25, 0.3) is 0 Å². The number of carbonyl (C=O) groups is 2. The summed E-state index contributed by atoms with van der Waals surface area (Å²) in [7, 11) is 1.52. The normalized spacial score (nSPS) is 16.9. The van der Waals surface area contributed by atoms with E-state index in [-0.39, 0.29) is 18.4 Å². The number of benzene rings is 1. The zero-order valence-corrected chi connectivity index (χ0v) is 19.0. The van der Waals surface area contributed by atoms with Crippen molar-refractivity contribution < 1.29 is 14.3 Å². The van der Waals surface area contributed by atoms with Gasteiger partial charge in [-0.3, -0.25) is 9.59 Å². The number of fused-ring (bicyclic) bond motifs is 1. The van der Waals surface area contributed by atoms with Crippen molar-refractivity contribution in [2.45, 2.75) is 12.6 Å². The van der Waals surface area contributed by atoms with E-state index >= 15 is 0 Å². The van der Waals surface area contributed by atoms with E-state index < -0.39 is 6.04 Å². The molecule has 166 valence electrons. The van der Waals surface area contributed by atoms with Crippen molar-refractivity contribution in [3.63, 3.8) is 0 Å². The Morgan fingerprint density at radius 2 is 2.19 bits per heavy atom. The Balaban J connectivity index is 1.48. The predicted octanol–water partition coefficient (Wildman–Crippen LogP) is 2.83. The lowest BCUT2D eigenvalue weighted by atomic mass is 10.1. The molecule has 2 amide bonds. The summed E-state index contributed by atoms with van der Waals surface area (Å²) in [4.78, 5) is 37.6. The summed E-state index contributed by atoms with van der Waals surface area (Å²) in [6.45, 7) is 1.37. The molecule has 3 aromatic rings. The highest BCUT2D eigenvalue weighted by molar-refractivity contribution is 7.14. The molecule has 1 saturated heterocycles. The molecule has 1 aliphatic heterocycles. The largest absolute Gasteiger partial charge is 0.383 e. The molecule has 0 saturated carbocycles. The van der Waals surface area contributed by atoms with Gasteiger partial charge in [0, 0.05) is 38.2 Å². The number of anilines is 1. The SMILES string of the molecule is COC[C@H]1C(=O)N(Cc2ccc3c(N)ncnc3c2)CCN1C(=O)C=Cc1csc(Cl)c1. The van der Waals surface area contributed by atoms with Crippen LogP contribution in [0.3, 0.4) is 0 Å². The Morgan fingerprint density at radius 3 is 2.94 bits per heavy atom. The van der Waals surface area contributed by atoms with E-state index in [9.17, 15) is 9.59 Å². The summed E-state index contributed by atoms with van der Waals surface area (Å²) in [5, 5.41) is 2.64. The third-order valence-electron chi connectivity index (χ3n) is 5.30. The fourth-order valence-corrected chi connectivity index (χ4v) is 4.55. The van der Waals surface area contributed by atoms with E-state index in [0.717, 1.165) is 22.0 Å². The monoisotopic (exact) mass is 471 g/mol. The third-order valence-corrected chi connectivity index (χ3v) is 6.41. The van der Waals surface area contributed by atoms with Gasteiger partial charge < -0.3 is 20.3 Å². The van der Waals surface area contributed by atoms with Crippen LogP contribution in [-0.2, 0) is 20.9 Å². The van der Waals surface area contributed by atoms with Crippen LogP contribution in [0.2, 0.25) is 4.34 Å². The zero-order chi connectivity index (χ0) is 22.7. The second-order valence-corrected chi connectivity index (χ2v) is 8.93. The minimum atomic E-state index is -0.685. The molecule has 0 aliphatic carbocycles. The summed E-state index contributed by atoms with van der Waals surface area (Å²) in [6.07, 6.45) is 4.59. The van der Waals surface area contributed by atoms with Crippen molar-refractivity contribution in [3.8, 4) is 0 Å². The molecule has 0 radical (unpaired) electrons. The summed E-state index contributed by atoms with van der Waals surface area (Å²) in [5.41, 5.74) is 8.39. The Hall–Kier alpha value is -3.01. The first-order valence-corrected chi connectivity index (χ1v) is 11.2. The van der Waals surface area contributed by atoms with Gasteiger partial charge in [-0.25, -0.2) is 9.97 Å². The van der Waals surface area contributed by atoms with Crippen molar-refractivity contribution in [1.29, 1.82) is 0 Å². The molecule has 2 aromatic heterocycles. The molecule has 1 aliphatic rings. The fourth-order valence-electron chi connectivity index (χ4n) is 3.69. The molecule has 3 heterocycles. The molecule has 0 spiro atoms. The number of aromatic nitrogens is 2. The van der Waals surface area contributed by atoms with Crippen LogP contribution in [0.1, 0.15) is 11.1 Å². The van der Waals surface area contributed by atoms with Crippen molar-refractivity contribution in [2.75, 3.05) is 32.5 Å². The van der Waals surface area contributed by atoms with Crippen molar-refractivity contribution in [3.05, 3.63) is 57.5 Å². The van der Waals surface area contributed by atoms with Crippen LogP contribution < -0.4 is 5.73 Å². The first-order chi connectivity index (χ1) is 15.5. The number of nitrogens with zero attached hydrogens (tertiary/aromatic N) is 4. The Morgan fingerprint density at radius 1 is 1.34 bits per heavy atom. The summed E-state index contributed by atoms with van der Waals surface area (Å²) in [6, 6.07) is 6.77. The number of methoxy groups -OCH3 is 1. The highest BCUT2D eigenvalue weighted by Crippen LogP contribution is 2.22. The number of amides is 2. The predicted molar refractivity (Wildman–Crippen MR) is 125 cm³/mol. The molecular formula is C22H22ClN5O3S. The number of nitrogen functional groups attached to an aromatic ring is 1. The maximum Gasteiger partial charge on any atom is 0.248 e. The maximum atomic E-state index is 13.2. The van der Waals surface area contributed by atoms with Crippen LogP contribution in [0, 0.1) is 0 Å². The Labute approximate surface area is 194 Å². The van der Waals surface area contributed by atoms with Crippen LogP contribution in [0.5, 0.6) is 0 Å². The van der Waals surface area contributed by atoms with Gasteiger partial charge in [-0.2, -0.15) is 0 Å². The average molecular weight is 472 g/mol. The maximum absolute atomic E-state index is 13.2. The van der Waals surface area contributed by atoms with E-state index in [1.165, 1.54) is 30.8 Å². The van der Waals surface area contributed by atoms with Gasteiger partial charge in [0.15, 0.2) is 0 Å². The molecule has 32 heavy (non-hydrogen) atoms. The summed E-state index contributed by atoms with van der Waals surface area (Å²) >= 11 is 7.34. The zero-order valence-electron chi connectivity index (χ0n) is 17.4. The van der Waals surface area contributed by atoms with Crippen LogP contribution in [-0.4, -0.2) is 64.4 Å². The Kier molecular flexibility index (Phi) is 6.69. The number of hydrogen-bond donors (Lipinski definition) is 1. The van der Waals surface area contributed by atoms with Gasteiger partial charge >= 0.3 is 0 Å². The minimum absolute atomic E-state index is 0.126. The van der Waals surface area contributed by atoms with Gasteiger partial charge in [-0.05, 0) is 40.8 Å². The molecule has 1 atom stereocenters. The van der Waals surface area contributed by atoms with Gasteiger partial charge in [0.1, 0.15) is 18.2 Å². The second kappa shape index (κ2) is 9.64. The molecule has 0 bridgehead atoms. The molecule has 0 unspecified atom stereocenters. The molecule has 4 rings (SSSR count). The lowest BCUT2D eigenvalue weighted by molar-refractivity contribution is -0.152. The molecule has 1 aromatic carbocycles. The number of nitrogens with two attached hydrogens (primary N) is 1. The molecular weight excluding hydrogens is 450 g/mol. The molecule has 8 nitrogen and oxygen atoms in total. The van der Waals surface area contributed by atoms with Gasteiger partial charge in [-0.15, -0.1) is 11.3 Å². The van der Waals surface area contributed by atoms with E-state index in [2.05, 4.69) is 9.97 Å². The number of carbonyl (C=O) groups excluding carboxylic acids is 2. The number of halogens is 1. The Bertz CT molecular complexity index is 1180. The van der Waals surface area contributed by atoms with Gasteiger partial charge in [-0.1, -0.05) is 17.7 Å². The molecule has 10 heteroatoms. The van der Waals surface area contributed by atoms with E-state index in [1.54, 1.807) is 21.9 Å². The number of piperazine rings is 1. The number of hydrogen-bond acceptors (Lipinski definition) is 7. The fraction of sp³-hybridized carbons (Fsp3) is 0.273. The van der Waals surface area contributed by atoms with Crippen LogP contribution in [0.15, 0.2) is 42.0 Å². The van der Waals surface area contributed by atoms with Crippen LogP contribution >= 0.6 is 22.9 Å². The third kappa shape index (κ3) is 4.74. The standard InChI is InChI=1S/C22H22ClN5O3S/c1-31-11-18-22(30)27(10-14-2-4-16-17(8-14)25-13-26-21(16)24)6-7-28(18)20(29)5-3-15-9-19(23)32-12-15/h2-5,8-9,12-13,18H,6-7,10-11H2,1H3,(H2,24,25,26)/t18-/m0/s1. The minimum Gasteiger partial charge on any atom is -0.383 e. The number of ether oxygens (including phenoxy) is 1. The number of thiophene rings is 1. The smallest absolute Gasteiger partial charge is 0.248 e. The quantitative estimate of drug-likeness (QED) is 0.555. The second-order valence-electron chi connectivity index (χ2n) is 7.39. The lowest BCUT2D eigenvalue weighted by Crippen LogP contribution is -2.59. The van der Waals surface area contributed by atoms with Crippen molar-refractivity contribution >= 4 is 57.5 Å². The highest BCUT2D eigenvalue weighted by Gasteiger charge is 2.36. The van der Waals surface area contributed by atoms with Gasteiger partial charge in [0.05, 0.1) is 16.5 Å². The van der Waals surface area contributed by atoms with Crippen LogP contribution in [0.4, 0.5) is 5.82 Å². The highest BCUT2D eigenvalue weighted by atomic mass is 35.5. The van der Waals surface area contributed by atoms with Crippen molar-refractivity contribution in [1.82, 2.24) is 19.8 Å². The number of rotatable bonds is 6. The summed E-state index contributed by atoms with van der Waals surface area (Å²) < 4.78 is 5.91. The summed E-state index contributed by atoms with van der Waals surface area (Å²) in [5.74, 6) is 0.0312. The van der Waals surface area contributed by atoms with Gasteiger partial charge in [0.2, 0.25) is 11.8 Å². The lowest BCUT2D eigenvalue weighted by Gasteiger charge is -2.40. The van der Waals surface area contributed by atoms with Crippen LogP contribution in [0.25, 0.3) is 17.0 Å². The van der Waals surface area contributed by atoms with Crippen molar-refractivity contribution in [2.24, 2.45) is 0 Å². The topological polar surface area (TPSA) is 102 Å². The van der Waals surface area contributed by atoms with E-state index in [0.29, 0.717) is 29.8 Å². The van der Waals surface area contributed by atoms with E-state index in [1.807, 2.05) is 23.6 Å².